The van der Waals surface area contributed by atoms with Crippen molar-refractivity contribution >= 4 is 17.3 Å². The van der Waals surface area contributed by atoms with Crippen LogP contribution in [0.3, 0.4) is 0 Å². The number of carbonyl (C=O) groups excluding carboxylic acids is 1. The molecule has 0 bridgehead atoms. The van der Waals surface area contributed by atoms with Crippen LogP contribution in [-0.2, 0) is 9.47 Å². The SMILES string of the molecule is COC(=O)c1cc(NC2CCCC2OC)cc(C)c1N. The number of aryl methyl sites for hydroxylation is 1. The van der Waals surface area contributed by atoms with Crippen LogP contribution in [0.1, 0.15) is 35.2 Å². The first-order valence-electron chi connectivity index (χ1n) is 6.84. The molecule has 0 heterocycles. The molecule has 2 atom stereocenters. The summed E-state index contributed by atoms with van der Waals surface area (Å²) >= 11 is 0. The van der Waals surface area contributed by atoms with Gasteiger partial charge in [-0.1, -0.05) is 0 Å². The first-order chi connectivity index (χ1) is 9.56. The van der Waals surface area contributed by atoms with Crippen molar-refractivity contribution in [3.63, 3.8) is 0 Å². The third kappa shape index (κ3) is 2.88. The molecule has 2 unspecified atom stereocenters. The van der Waals surface area contributed by atoms with Gasteiger partial charge in [0.05, 0.1) is 24.8 Å². The van der Waals surface area contributed by atoms with Gasteiger partial charge in [-0.3, -0.25) is 0 Å². The molecule has 1 aliphatic rings. The number of nitrogens with two attached hydrogens (primary N) is 1. The van der Waals surface area contributed by atoms with Crippen LogP contribution in [-0.4, -0.2) is 32.3 Å². The average molecular weight is 278 g/mol. The first kappa shape index (κ1) is 14.7. The lowest BCUT2D eigenvalue weighted by molar-refractivity contribution is 0.0602. The molecule has 1 fully saturated rings. The molecule has 1 aromatic rings. The van der Waals surface area contributed by atoms with Gasteiger partial charge in [-0.2, -0.15) is 0 Å². The molecule has 110 valence electrons. The van der Waals surface area contributed by atoms with E-state index in [2.05, 4.69) is 5.32 Å². The Balaban J connectivity index is 2.24. The maximum absolute atomic E-state index is 11.7. The number of nitrogens with one attached hydrogen (secondary N) is 1. The lowest BCUT2D eigenvalue weighted by Gasteiger charge is -2.22. The second kappa shape index (κ2) is 6.13. The number of hydrogen-bond acceptors (Lipinski definition) is 5. The summed E-state index contributed by atoms with van der Waals surface area (Å²) in [6.45, 7) is 1.88. The Labute approximate surface area is 119 Å². The zero-order chi connectivity index (χ0) is 14.7. The fourth-order valence-electron chi connectivity index (χ4n) is 2.75. The normalized spacial score (nSPS) is 21.8. The van der Waals surface area contributed by atoms with Crippen LogP contribution in [0.15, 0.2) is 12.1 Å². The highest BCUT2D eigenvalue weighted by molar-refractivity contribution is 5.97. The van der Waals surface area contributed by atoms with E-state index >= 15 is 0 Å². The van der Waals surface area contributed by atoms with E-state index in [9.17, 15) is 4.79 Å². The Bertz CT molecular complexity index is 502. The van der Waals surface area contributed by atoms with Crippen molar-refractivity contribution in [3.8, 4) is 0 Å². The summed E-state index contributed by atoms with van der Waals surface area (Å²) in [4.78, 5) is 11.7. The van der Waals surface area contributed by atoms with Crippen molar-refractivity contribution in [2.45, 2.75) is 38.3 Å². The fraction of sp³-hybridized carbons (Fsp3) is 0.533. The molecule has 0 amide bonds. The smallest absolute Gasteiger partial charge is 0.340 e. The minimum atomic E-state index is -0.413. The summed E-state index contributed by atoms with van der Waals surface area (Å²) in [5, 5.41) is 3.44. The van der Waals surface area contributed by atoms with Crippen molar-refractivity contribution in [2.24, 2.45) is 0 Å². The summed E-state index contributed by atoms with van der Waals surface area (Å²) in [6.07, 6.45) is 3.49. The van der Waals surface area contributed by atoms with Gasteiger partial charge < -0.3 is 20.5 Å². The highest BCUT2D eigenvalue weighted by atomic mass is 16.5. The number of esters is 1. The summed E-state index contributed by atoms with van der Waals surface area (Å²) in [5.41, 5.74) is 8.55. The number of anilines is 2. The van der Waals surface area contributed by atoms with Gasteiger partial charge >= 0.3 is 5.97 Å². The van der Waals surface area contributed by atoms with Crippen molar-refractivity contribution < 1.29 is 14.3 Å². The van der Waals surface area contributed by atoms with E-state index in [1.165, 1.54) is 7.11 Å². The molecular formula is C15H22N2O3. The van der Waals surface area contributed by atoms with Crippen molar-refractivity contribution in [3.05, 3.63) is 23.3 Å². The number of nitrogen functional groups attached to an aromatic ring is 1. The van der Waals surface area contributed by atoms with Gasteiger partial charge in [0, 0.05) is 18.5 Å². The Morgan fingerprint density at radius 3 is 2.75 bits per heavy atom. The molecule has 1 aromatic carbocycles. The number of hydrogen-bond donors (Lipinski definition) is 2. The van der Waals surface area contributed by atoms with Crippen LogP contribution in [0.2, 0.25) is 0 Å². The second-order valence-electron chi connectivity index (χ2n) is 5.20. The highest BCUT2D eigenvalue weighted by Gasteiger charge is 2.27. The van der Waals surface area contributed by atoms with Gasteiger partial charge in [-0.25, -0.2) is 4.79 Å². The van der Waals surface area contributed by atoms with E-state index in [1.807, 2.05) is 13.0 Å². The van der Waals surface area contributed by atoms with E-state index in [0.717, 1.165) is 30.5 Å². The molecule has 0 spiro atoms. The van der Waals surface area contributed by atoms with E-state index in [1.54, 1.807) is 13.2 Å². The van der Waals surface area contributed by atoms with Crippen molar-refractivity contribution in [1.29, 1.82) is 0 Å². The molecule has 3 N–H and O–H groups in total. The molecule has 0 radical (unpaired) electrons. The zero-order valence-electron chi connectivity index (χ0n) is 12.2. The number of ether oxygens (including phenoxy) is 2. The lowest BCUT2D eigenvalue weighted by Crippen LogP contribution is -2.29. The Kier molecular flexibility index (Phi) is 4.49. The standard InChI is InChI=1S/C15H22N2O3/c1-9-7-10(8-11(14(9)16)15(18)20-3)17-12-5-4-6-13(12)19-2/h7-8,12-13,17H,4-6,16H2,1-3H3. The lowest BCUT2D eigenvalue weighted by atomic mass is 10.1. The summed E-state index contributed by atoms with van der Waals surface area (Å²) < 4.78 is 10.2. The van der Waals surface area contributed by atoms with Gasteiger partial charge in [0.2, 0.25) is 0 Å². The van der Waals surface area contributed by atoms with Gasteiger partial charge in [0.15, 0.2) is 0 Å². The number of carbonyl (C=O) groups is 1. The topological polar surface area (TPSA) is 73.6 Å². The largest absolute Gasteiger partial charge is 0.465 e. The number of rotatable bonds is 4. The summed E-state index contributed by atoms with van der Waals surface area (Å²) in [5.74, 6) is -0.413. The van der Waals surface area contributed by atoms with E-state index < -0.39 is 5.97 Å². The molecule has 0 aromatic heterocycles. The first-order valence-corrected chi connectivity index (χ1v) is 6.84. The molecule has 1 aliphatic carbocycles. The van der Waals surface area contributed by atoms with E-state index in [4.69, 9.17) is 15.2 Å². The maximum Gasteiger partial charge on any atom is 0.340 e. The van der Waals surface area contributed by atoms with Crippen LogP contribution in [0.4, 0.5) is 11.4 Å². The quantitative estimate of drug-likeness (QED) is 0.653. The van der Waals surface area contributed by atoms with Gasteiger partial charge in [-0.05, 0) is 43.9 Å². The molecule has 5 nitrogen and oxygen atoms in total. The van der Waals surface area contributed by atoms with Crippen LogP contribution < -0.4 is 11.1 Å². The third-order valence-electron chi connectivity index (χ3n) is 3.90. The average Bonchev–Trinajstić information content (AvgIpc) is 2.88. The van der Waals surface area contributed by atoms with E-state index in [0.29, 0.717) is 11.3 Å². The third-order valence-corrected chi connectivity index (χ3v) is 3.90. The summed E-state index contributed by atoms with van der Waals surface area (Å²) in [6, 6.07) is 3.97. The Morgan fingerprint density at radius 2 is 2.10 bits per heavy atom. The Hall–Kier alpha value is -1.75. The van der Waals surface area contributed by atoms with Crippen LogP contribution >= 0.6 is 0 Å². The van der Waals surface area contributed by atoms with Gasteiger partial charge in [0.25, 0.3) is 0 Å². The van der Waals surface area contributed by atoms with Crippen LogP contribution in [0.5, 0.6) is 0 Å². The number of methoxy groups -OCH3 is 2. The molecule has 20 heavy (non-hydrogen) atoms. The molecule has 0 aliphatic heterocycles. The molecule has 5 heteroatoms. The van der Waals surface area contributed by atoms with E-state index in [-0.39, 0.29) is 12.1 Å². The van der Waals surface area contributed by atoms with Gasteiger partial charge in [0.1, 0.15) is 0 Å². The molecular weight excluding hydrogens is 256 g/mol. The van der Waals surface area contributed by atoms with Crippen LogP contribution in [0, 0.1) is 6.92 Å². The zero-order valence-corrected chi connectivity index (χ0v) is 12.2. The molecule has 2 rings (SSSR count). The summed E-state index contributed by atoms with van der Waals surface area (Å²) in [7, 11) is 3.09. The molecule has 1 saturated carbocycles. The monoisotopic (exact) mass is 278 g/mol. The second-order valence-corrected chi connectivity index (χ2v) is 5.20. The predicted octanol–water partition coefficient (Wildman–Crippen LogP) is 2.34. The fourth-order valence-corrected chi connectivity index (χ4v) is 2.75. The highest BCUT2D eigenvalue weighted by Crippen LogP contribution is 2.28. The molecule has 0 saturated heterocycles. The Morgan fingerprint density at radius 1 is 1.35 bits per heavy atom. The van der Waals surface area contributed by atoms with Crippen molar-refractivity contribution in [1.82, 2.24) is 0 Å². The van der Waals surface area contributed by atoms with Crippen LogP contribution in [0.25, 0.3) is 0 Å². The maximum atomic E-state index is 11.7. The predicted molar refractivity (Wildman–Crippen MR) is 79.0 cm³/mol. The minimum absolute atomic E-state index is 0.217. The minimum Gasteiger partial charge on any atom is -0.465 e. The van der Waals surface area contributed by atoms with Crippen molar-refractivity contribution in [2.75, 3.05) is 25.3 Å². The number of benzene rings is 1. The van der Waals surface area contributed by atoms with Gasteiger partial charge in [-0.15, -0.1) is 0 Å².